The van der Waals surface area contributed by atoms with E-state index < -0.39 is 0 Å². The van der Waals surface area contributed by atoms with Crippen molar-refractivity contribution >= 4 is 0 Å². The second kappa shape index (κ2) is 8.18. The van der Waals surface area contributed by atoms with Crippen LogP contribution >= 0.6 is 0 Å². The quantitative estimate of drug-likeness (QED) is 0.692. The molecular weight excluding hydrogens is 236 g/mol. The fourth-order valence-corrected chi connectivity index (χ4v) is 2.09. The van der Waals surface area contributed by atoms with Crippen LogP contribution in [0.15, 0.2) is 23.1 Å². The normalized spacial score (nSPS) is 11.5. The molecule has 3 nitrogen and oxygen atoms in total. The molecule has 108 valence electrons. The van der Waals surface area contributed by atoms with Crippen LogP contribution in [0.3, 0.4) is 0 Å². The van der Waals surface area contributed by atoms with Gasteiger partial charge in [-0.2, -0.15) is 0 Å². The summed E-state index contributed by atoms with van der Waals surface area (Å²) in [5, 5.41) is 3.40. The van der Waals surface area contributed by atoms with Crippen molar-refractivity contribution in [1.82, 2.24) is 10.2 Å². The molecule has 0 amide bonds. The third-order valence-corrected chi connectivity index (χ3v) is 3.05. The van der Waals surface area contributed by atoms with Crippen molar-refractivity contribution in [2.24, 2.45) is 0 Å². The minimum absolute atomic E-state index is 0.477. The van der Waals surface area contributed by atoms with E-state index in [1.54, 1.807) is 0 Å². The molecule has 0 aliphatic heterocycles. The predicted molar refractivity (Wildman–Crippen MR) is 81.2 cm³/mol. The second-order valence-electron chi connectivity index (χ2n) is 5.38. The third kappa shape index (κ3) is 5.62. The molecule has 3 heteroatoms. The average Bonchev–Trinajstić information content (AvgIpc) is 2.67. The van der Waals surface area contributed by atoms with E-state index in [2.05, 4.69) is 50.6 Å². The zero-order valence-electron chi connectivity index (χ0n) is 12.8. The number of aryl methyl sites for hydroxylation is 1. The molecule has 0 saturated carbocycles. The van der Waals surface area contributed by atoms with Gasteiger partial charge in [0, 0.05) is 12.6 Å². The van der Waals surface area contributed by atoms with Gasteiger partial charge in [-0.3, -0.25) is 4.90 Å². The standard InChI is InChI=1S/C16H28N2O/c1-6-8-18(9-7-2)12-15-10-14(5)16(19-15)11-17-13(3)4/h6,10,13,17H,1,7-9,11-12H2,2-5H3. The molecule has 0 saturated heterocycles. The van der Waals surface area contributed by atoms with Gasteiger partial charge in [-0.15, -0.1) is 6.58 Å². The Morgan fingerprint density at radius 2 is 2.21 bits per heavy atom. The van der Waals surface area contributed by atoms with Crippen molar-refractivity contribution in [1.29, 1.82) is 0 Å². The fourth-order valence-electron chi connectivity index (χ4n) is 2.09. The summed E-state index contributed by atoms with van der Waals surface area (Å²) in [6, 6.07) is 2.63. The maximum absolute atomic E-state index is 5.95. The van der Waals surface area contributed by atoms with Gasteiger partial charge in [0.15, 0.2) is 0 Å². The summed E-state index contributed by atoms with van der Waals surface area (Å²) < 4.78 is 5.95. The lowest BCUT2D eigenvalue weighted by atomic mass is 10.2. The highest BCUT2D eigenvalue weighted by atomic mass is 16.3. The van der Waals surface area contributed by atoms with Crippen LogP contribution in [0.2, 0.25) is 0 Å². The van der Waals surface area contributed by atoms with Crippen LogP contribution < -0.4 is 5.32 Å². The second-order valence-corrected chi connectivity index (χ2v) is 5.38. The minimum atomic E-state index is 0.477. The first-order valence-corrected chi connectivity index (χ1v) is 7.21. The largest absolute Gasteiger partial charge is 0.463 e. The molecule has 19 heavy (non-hydrogen) atoms. The van der Waals surface area contributed by atoms with Crippen molar-refractivity contribution in [2.75, 3.05) is 13.1 Å². The van der Waals surface area contributed by atoms with Gasteiger partial charge in [0.1, 0.15) is 11.5 Å². The molecule has 1 aromatic rings. The average molecular weight is 264 g/mol. The molecule has 0 aromatic carbocycles. The lowest BCUT2D eigenvalue weighted by molar-refractivity contribution is 0.264. The summed E-state index contributed by atoms with van der Waals surface area (Å²) in [5.41, 5.74) is 1.23. The van der Waals surface area contributed by atoms with E-state index in [1.807, 2.05) is 6.08 Å². The SMILES string of the molecule is C=CCN(CCC)Cc1cc(C)c(CNC(C)C)o1. The van der Waals surface area contributed by atoms with Crippen molar-refractivity contribution in [2.45, 2.75) is 53.2 Å². The van der Waals surface area contributed by atoms with Crippen LogP contribution in [-0.2, 0) is 13.1 Å². The fraction of sp³-hybridized carbons (Fsp3) is 0.625. The smallest absolute Gasteiger partial charge is 0.120 e. The van der Waals surface area contributed by atoms with E-state index in [1.165, 1.54) is 5.56 Å². The van der Waals surface area contributed by atoms with Gasteiger partial charge in [0.2, 0.25) is 0 Å². The van der Waals surface area contributed by atoms with Gasteiger partial charge in [-0.25, -0.2) is 0 Å². The Hall–Kier alpha value is -1.06. The highest BCUT2D eigenvalue weighted by Crippen LogP contribution is 2.16. The molecule has 1 heterocycles. The van der Waals surface area contributed by atoms with Gasteiger partial charge < -0.3 is 9.73 Å². The summed E-state index contributed by atoms with van der Waals surface area (Å²) in [6.07, 6.45) is 3.10. The van der Waals surface area contributed by atoms with Crippen LogP contribution in [0.4, 0.5) is 0 Å². The molecular formula is C16H28N2O. The topological polar surface area (TPSA) is 28.4 Å². The van der Waals surface area contributed by atoms with E-state index in [0.29, 0.717) is 6.04 Å². The summed E-state index contributed by atoms with van der Waals surface area (Å²) in [6.45, 7) is 16.1. The highest BCUT2D eigenvalue weighted by Gasteiger charge is 2.11. The molecule has 0 unspecified atom stereocenters. The number of furan rings is 1. The van der Waals surface area contributed by atoms with Crippen molar-refractivity contribution in [3.8, 4) is 0 Å². The summed E-state index contributed by atoms with van der Waals surface area (Å²) in [7, 11) is 0. The van der Waals surface area contributed by atoms with Crippen LogP contribution in [0.1, 0.15) is 44.3 Å². The molecule has 0 atom stereocenters. The first-order valence-electron chi connectivity index (χ1n) is 7.21. The number of nitrogens with one attached hydrogen (secondary N) is 1. The van der Waals surface area contributed by atoms with Crippen LogP contribution in [0.5, 0.6) is 0 Å². The molecule has 1 rings (SSSR count). The van der Waals surface area contributed by atoms with Gasteiger partial charge >= 0.3 is 0 Å². The maximum Gasteiger partial charge on any atom is 0.120 e. The molecule has 1 aromatic heterocycles. The zero-order chi connectivity index (χ0) is 14.3. The van der Waals surface area contributed by atoms with Crippen molar-refractivity contribution in [3.63, 3.8) is 0 Å². The van der Waals surface area contributed by atoms with Gasteiger partial charge in [-0.05, 0) is 31.5 Å². The number of hydrogen-bond acceptors (Lipinski definition) is 3. The first-order chi connectivity index (χ1) is 9.06. The highest BCUT2D eigenvalue weighted by molar-refractivity contribution is 5.20. The molecule has 0 fully saturated rings. The third-order valence-electron chi connectivity index (χ3n) is 3.05. The van der Waals surface area contributed by atoms with Crippen LogP contribution in [0, 0.1) is 6.92 Å². The minimum Gasteiger partial charge on any atom is -0.463 e. The Bertz CT molecular complexity index is 382. The maximum atomic E-state index is 5.95. The van der Waals surface area contributed by atoms with Gasteiger partial charge in [0.05, 0.1) is 13.1 Å². The monoisotopic (exact) mass is 264 g/mol. The van der Waals surface area contributed by atoms with Crippen LogP contribution in [-0.4, -0.2) is 24.0 Å². The van der Waals surface area contributed by atoms with Crippen molar-refractivity contribution in [3.05, 3.63) is 35.8 Å². The van der Waals surface area contributed by atoms with Crippen molar-refractivity contribution < 1.29 is 4.42 Å². The van der Waals surface area contributed by atoms with E-state index >= 15 is 0 Å². The predicted octanol–water partition coefficient (Wildman–Crippen LogP) is 3.48. The van der Waals surface area contributed by atoms with E-state index in [9.17, 15) is 0 Å². The van der Waals surface area contributed by atoms with E-state index in [4.69, 9.17) is 4.42 Å². The number of rotatable bonds is 9. The van der Waals surface area contributed by atoms with E-state index in [0.717, 1.165) is 44.1 Å². The lowest BCUT2D eigenvalue weighted by Crippen LogP contribution is -2.24. The van der Waals surface area contributed by atoms with Gasteiger partial charge in [0.25, 0.3) is 0 Å². The Morgan fingerprint density at radius 1 is 1.47 bits per heavy atom. The lowest BCUT2D eigenvalue weighted by Gasteiger charge is -2.18. The molecule has 0 spiro atoms. The zero-order valence-corrected chi connectivity index (χ0v) is 12.8. The Morgan fingerprint density at radius 3 is 2.79 bits per heavy atom. The Kier molecular flexibility index (Phi) is 6.89. The molecule has 0 radical (unpaired) electrons. The Labute approximate surface area is 117 Å². The molecule has 1 N–H and O–H groups in total. The molecule has 0 aliphatic carbocycles. The summed E-state index contributed by atoms with van der Waals surface area (Å²) >= 11 is 0. The van der Waals surface area contributed by atoms with E-state index in [-0.39, 0.29) is 0 Å². The number of nitrogens with zero attached hydrogens (tertiary/aromatic N) is 1. The summed E-state index contributed by atoms with van der Waals surface area (Å²) in [4.78, 5) is 2.35. The Balaban J connectivity index is 2.62. The molecule has 0 bridgehead atoms. The number of hydrogen-bond donors (Lipinski definition) is 1. The molecule has 0 aliphatic rings. The van der Waals surface area contributed by atoms with Crippen LogP contribution in [0.25, 0.3) is 0 Å². The first kappa shape index (κ1) is 16.0. The summed E-state index contributed by atoms with van der Waals surface area (Å²) in [5.74, 6) is 2.10. The van der Waals surface area contributed by atoms with Gasteiger partial charge in [-0.1, -0.05) is 26.8 Å².